The first-order valence-corrected chi connectivity index (χ1v) is 7.09. The van der Waals surface area contributed by atoms with E-state index in [1.165, 1.54) is 16.3 Å². The van der Waals surface area contributed by atoms with E-state index in [9.17, 15) is 0 Å². The summed E-state index contributed by atoms with van der Waals surface area (Å²) in [5, 5.41) is 5.68. The zero-order valence-corrected chi connectivity index (χ0v) is 12.6. The van der Waals surface area contributed by atoms with Crippen molar-refractivity contribution in [2.45, 2.75) is 26.3 Å². The van der Waals surface area contributed by atoms with Crippen molar-refractivity contribution >= 4 is 10.8 Å². The summed E-state index contributed by atoms with van der Waals surface area (Å²) in [6, 6.07) is 12.9. The largest absolute Gasteiger partial charge is 0.492 e. The van der Waals surface area contributed by atoms with Crippen molar-refractivity contribution in [1.29, 1.82) is 0 Å². The van der Waals surface area contributed by atoms with Crippen LogP contribution < -0.4 is 10.1 Å². The zero-order valence-electron chi connectivity index (χ0n) is 12.6. The second-order valence-electron chi connectivity index (χ2n) is 5.27. The van der Waals surface area contributed by atoms with Crippen LogP contribution in [-0.4, -0.2) is 13.7 Å². The molecule has 0 aromatic heterocycles. The average Bonchev–Trinajstić information content (AvgIpc) is 2.46. The van der Waals surface area contributed by atoms with Gasteiger partial charge in [0.05, 0.1) is 6.61 Å². The van der Waals surface area contributed by atoms with Crippen molar-refractivity contribution in [2.75, 3.05) is 13.7 Å². The molecule has 0 radical (unpaired) electrons. The van der Waals surface area contributed by atoms with Crippen molar-refractivity contribution in [3.63, 3.8) is 0 Å². The average molecular weight is 269 g/mol. The molecule has 1 atom stereocenters. The predicted octanol–water partition coefficient (Wildman–Crippen LogP) is 4.47. The third-order valence-corrected chi connectivity index (χ3v) is 3.58. The van der Waals surface area contributed by atoms with E-state index in [0.717, 1.165) is 17.7 Å². The Morgan fingerprint density at radius 3 is 2.70 bits per heavy atom. The number of hydrogen-bond donors (Lipinski definition) is 1. The number of benzene rings is 2. The van der Waals surface area contributed by atoms with E-state index < -0.39 is 0 Å². The van der Waals surface area contributed by atoms with Gasteiger partial charge in [-0.3, -0.25) is 0 Å². The van der Waals surface area contributed by atoms with Crippen LogP contribution in [0.5, 0.6) is 5.75 Å². The quantitative estimate of drug-likeness (QED) is 0.781. The highest BCUT2D eigenvalue weighted by Gasteiger charge is 2.13. The van der Waals surface area contributed by atoms with Crippen LogP contribution in [0.2, 0.25) is 0 Å². The van der Waals surface area contributed by atoms with E-state index in [0.29, 0.717) is 6.61 Å². The van der Waals surface area contributed by atoms with Gasteiger partial charge in [-0.25, -0.2) is 0 Å². The Labute approximate surface area is 121 Å². The summed E-state index contributed by atoms with van der Waals surface area (Å²) in [6.07, 6.45) is 0.886. The van der Waals surface area contributed by atoms with Crippen LogP contribution in [0.1, 0.15) is 31.9 Å². The minimum Gasteiger partial charge on any atom is -0.492 e. The standard InChI is InChI=1S/C18H23NO/c1-13(2)11-12-20-18-16(14(3)19-4)10-9-15-7-5-6-8-17(15)18/h5-10,14,19H,1,11-12H2,2-4H3. The van der Waals surface area contributed by atoms with Crippen LogP contribution in [0.15, 0.2) is 48.6 Å². The van der Waals surface area contributed by atoms with Gasteiger partial charge < -0.3 is 10.1 Å². The fourth-order valence-electron chi connectivity index (χ4n) is 2.24. The van der Waals surface area contributed by atoms with E-state index in [2.05, 4.69) is 55.2 Å². The van der Waals surface area contributed by atoms with Crippen molar-refractivity contribution in [2.24, 2.45) is 0 Å². The number of nitrogens with one attached hydrogen (secondary N) is 1. The lowest BCUT2D eigenvalue weighted by molar-refractivity contribution is 0.319. The second kappa shape index (κ2) is 6.58. The minimum atomic E-state index is 0.263. The summed E-state index contributed by atoms with van der Waals surface area (Å²) in [4.78, 5) is 0. The lowest BCUT2D eigenvalue weighted by Gasteiger charge is -2.19. The van der Waals surface area contributed by atoms with Crippen molar-refractivity contribution in [3.8, 4) is 5.75 Å². The van der Waals surface area contributed by atoms with E-state index in [1.807, 2.05) is 14.0 Å². The molecule has 0 heterocycles. The highest BCUT2D eigenvalue weighted by atomic mass is 16.5. The molecule has 0 saturated heterocycles. The molecule has 1 unspecified atom stereocenters. The molecular weight excluding hydrogens is 246 g/mol. The Kier molecular flexibility index (Phi) is 4.80. The van der Waals surface area contributed by atoms with Crippen LogP contribution in [-0.2, 0) is 0 Å². The molecule has 2 heteroatoms. The highest BCUT2D eigenvalue weighted by molar-refractivity contribution is 5.89. The lowest BCUT2D eigenvalue weighted by atomic mass is 10.0. The molecule has 2 aromatic rings. The smallest absolute Gasteiger partial charge is 0.131 e. The molecule has 0 amide bonds. The molecule has 2 rings (SSSR count). The fourth-order valence-corrected chi connectivity index (χ4v) is 2.24. The van der Waals surface area contributed by atoms with E-state index >= 15 is 0 Å². The Hall–Kier alpha value is -1.80. The normalized spacial score (nSPS) is 12.3. The molecule has 0 fully saturated rings. The van der Waals surface area contributed by atoms with Crippen molar-refractivity contribution < 1.29 is 4.74 Å². The lowest BCUT2D eigenvalue weighted by Crippen LogP contribution is -2.14. The maximum Gasteiger partial charge on any atom is 0.131 e. The molecule has 2 nitrogen and oxygen atoms in total. The molecule has 1 N–H and O–H groups in total. The van der Waals surface area contributed by atoms with Gasteiger partial charge in [0.15, 0.2) is 0 Å². The third kappa shape index (κ3) is 3.20. The maximum atomic E-state index is 6.08. The summed E-state index contributed by atoms with van der Waals surface area (Å²) in [5.74, 6) is 0.992. The molecule has 0 aliphatic rings. The summed E-state index contributed by atoms with van der Waals surface area (Å²) in [7, 11) is 1.97. The fraction of sp³-hybridized carbons (Fsp3) is 0.333. The monoisotopic (exact) mass is 269 g/mol. The van der Waals surface area contributed by atoms with Crippen molar-refractivity contribution in [3.05, 3.63) is 54.1 Å². The Morgan fingerprint density at radius 2 is 2.00 bits per heavy atom. The number of hydrogen-bond acceptors (Lipinski definition) is 2. The van der Waals surface area contributed by atoms with Gasteiger partial charge in [0.2, 0.25) is 0 Å². The summed E-state index contributed by atoms with van der Waals surface area (Å²) >= 11 is 0. The molecule has 20 heavy (non-hydrogen) atoms. The maximum absolute atomic E-state index is 6.08. The molecule has 2 aromatic carbocycles. The zero-order chi connectivity index (χ0) is 14.5. The van der Waals surface area contributed by atoms with Crippen LogP contribution in [0.3, 0.4) is 0 Å². The van der Waals surface area contributed by atoms with Gasteiger partial charge in [-0.1, -0.05) is 42.0 Å². The first kappa shape index (κ1) is 14.6. The summed E-state index contributed by atoms with van der Waals surface area (Å²) in [6.45, 7) is 8.78. The van der Waals surface area contributed by atoms with Gasteiger partial charge in [0, 0.05) is 23.4 Å². The van der Waals surface area contributed by atoms with E-state index in [4.69, 9.17) is 4.74 Å². The first-order valence-electron chi connectivity index (χ1n) is 7.09. The number of ether oxygens (including phenoxy) is 1. The van der Waals surface area contributed by atoms with Gasteiger partial charge in [0.1, 0.15) is 5.75 Å². The summed E-state index contributed by atoms with van der Waals surface area (Å²) < 4.78 is 6.08. The van der Waals surface area contributed by atoms with E-state index in [1.54, 1.807) is 0 Å². The SMILES string of the molecule is C=C(C)CCOc1c(C(C)NC)ccc2ccccc12. The molecule has 0 aliphatic carbocycles. The molecular formula is C18H23NO. The first-order chi connectivity index (χ1) is 9.63. The number of rotatable bonds is 6. The second-order valence-corrected chi connectivity index (χ2v) is 5.27. The van der Waals surface area contributed by atoms with Gasteiger partial charge in [-0.15, -0.1) is 6.58 Å². The number of fused-ring (bicyclic) bond motifs is 1. The summed E-state index contributed by atoms with van der Waals surface area (Å²) in [5.41, 5.74) is 2.35. The van der Waals surface area contributed by atoms with Gasteiger partial charge >= 0.3 is 0 Å². The molecule has 0 aliphatic heterocycles. The van der Waals surface area contributed by atoms with Crippen molar-refractivity contribution in [1.82, 2.24) is 5.32 Å². The third-order valence-electron chi connectivity index (χ3n) is 3.58. The highest BCUT2D eigenvalue weighted by Crippen LogP contribution is 2.33. The van der Waals surface area contributed by atoms with Crippen LogP contribution >= 0.6 is 0 Å². The van der Waals surface area contributed by atoms with E-state index in [-0.39, 0.29) is 6.04 Å². The Balaban J connectivity index is 2.41. The topological polar surface area (TPSA) is 21.3 Å². The predicted molar refractivity (Wildman–Crippen MR) is 86.3 cm³/mol. The molecule has 0 spiro atoms. The van der Waals surface area contributed by atoms with Crippen LogP contribution in [0, 0.1) is 0 Å². The van der Waals surface area contributed by atoms with Gasteiger partial charge in [-0.2, -0.15) is 0 Å². The van der Waals surface area contributed by atoms with Crippen LogP contribution in [0.4, 0.5) is 0 Å². The van der Waals surface area contributed by atoms with Crippen LogP contribution in [0.25, 0.3) is 10.8 Å². The minimum absolute atomic E-state index is 0.263. The molecule has 0 saturated carbocycles. The molecule has 0 bridgehead atoms. The Bertz CT molecular complexity index is 603. The Morgan fingerprint density at radius 1 is 1.25 bits per heavy atom. The molecule has 106 valence electrons. The van der Waals surface area contributed by atoms with Gasteiger partial charge in [-0.05, 0) is 26.3 Å². The van der Waals surface area contributed by atoms with Gasteiger partial charge in [0.25, 0.3) is 0 Å².